The molecule has 0 heterocycles. The van der Waals surface area contributed by atoms with Crippen LogP contribution in [0.2, 0.25) is 5.02 Å². The molecule has 0 radical (unpaired) electrons. The Morgan fingerprint density at radius 1 is 1.07 bits per heavy atom. The molecule has 5 nitrogen and oxygen atoms in total. The van der Waals surface area contributed by atoms with Gasteiger partial charge in [0.2, 0.25) is 15.9 Å². The maximum Gasteiger partial charge on any atom is 0.244 e. The Bertz CT molecular complexity index is 1050. The Morgan fingerprint density at radius 2 is 1.73 bits per heavy atom. The van der Waals surface area contributed by atoms with Crippen molar-refractivity contribution in [3.8, 4) is 0 Å². The Kier molecular flexibility index (Phi) is 6.78. The highest BCUT2D eigenvalue weighted by molar-refractivity contribution is 7.92. The summed E-state index contributed by atoms with van der Waals surface area (Å²) in [6.07, 6.45) is 5.68. The lowest BCUT2D eigenvalue weighted by molar-refractivity contribution is -0.122. The van der Waals surface area contributed by atoms with Crippen LogP contribution in [-0.4, -0.2) is 26.6 Å². The molecule has 2 aromatic rings. The molecule has 1 aliphatic carbocycles. The second-order valence-electron chi connectivity index (χ2n) is 8.13. The molecule has 0 aromatic heterocycles. The second-order valence-corrected chi connectivity index (χ2v) is 10.4. The van der Waals surface area contributed by atoms with Gasteiger partial charge in [-0.1, -0.05) is 35.9 Å². The molecule has 7 heteroatoms. The smallest absolute Gasteiger partial charge is 0.244 e. The molecule has 1 amide bonds. The quantitative estimate of drug-likeness (QED) is 0.704. The van der Waals surface area contributed by atoms with Crippen molar-refractivity contribution in [3.63, 3.8) is 0 Å². The largest absolute Gasteiger partial charge is 0.348 e. The van der Waals surface area contributed by atoms with Gasteiger partial charge < -0.3 is 5.32 Å². The van der Waals surface area contributed by atoms with E-state index in [1.807, 2.05) is 19.9 Å². The predicted molar refractivity (Wildman–Crippen MR) is 123 cm³/mol. The Morgan fingerprint density at radius 3 is 2.37 bits per heavy atom. The van der Waals surface area contributed by atoms with Crippen LogP contribution in [0, 0.1) is 6.92 Å². The van der Waals surface area contributed by atoms with Crippen molar-refractivity contribution in [1.29, 1.82) is 0 Å². The lowest BCUT2D eigenvalue weighted by Crippen LogP contribution is -2.48. The molecule has 0 fully saturated rings. The fourth-order valence-corrected chi connectivity index (χ4v) is 5.31. The number of carbonyl (C=O) groups is 1. The van der Waals surface area contributed by atoms with Crippen molar-refractivity contribution in [2.75, 3.05) is 10.6 Å². The van der Waals surface area contributed by atoms with E-state index in [2.05, 4.69) is 17.4 Å². The van der Waals surface area contributed by atoms with E-state index >= 15 is 0 Å². The van der Waals surface area contributed by atoms with Gasteiger partial charge in [0.1, 0.15) is 6.04 Å². The number of sulfonamides is 1. The number of nitrogens with one attached hydrogen (secondary N) is 1. The Labute approximate surface area is 184 Å². The van der Waals surface area contributed by atoms with Crippen molar-refractivity contribution in [3.05, 3.63) is 63.7 Å². The zero-order chi connectivity index (χ0) is 22.1. The molecule has 1 aliphatic rings. The van der Waals surface area contributed by atoms with Crippen molar-refractivity contribution in [1.82, 2.24) is 5.32 Å². The van der Waals surface area contributed by atoms with Gasteiger partial charge in [-0.2, -0.15) is 0 Å². The summed E-state index contributed by atoms with van der Waals surface area (Å²) in [5, 5.41) is 3.43. The van der Waals surface area contributed by atoms with Crippen LogP contribution in [0.1, 0.15) is 55.0 Å². The summed E-state index contributed by atoms with van der Waals surface area (Å²) in [7, 11) is -3.69. The van der Waals surface area contributed by atoms with Gasteiger partial charge in [-0.25, -0.2) is 8.42 Å². The molecule has 1 N–H and O–H groups in total. The minimum absolute atomic E-state index is 0.227. The van der Waals surface area contributed by atoms with Gasteiger partial charge in [-0.15, -0.1) is 0 Å². The monoisotopic (exact) mass is 448 g/mol. The molecule has 2 aromatic carbocycles. The number of rotatable bonds is 6. The van der Waals surface area contributed by atoms with Gasteiger partial charge in [0.15, 0.2) is 0 Å². The minimum Gasteiger partial charge on any atom is -0.348 e. The Hall–Kier alpha value is -2.05. The highest BCUT2D eigenvalue weighted by Gasteiger charge is 2.30. The number of fused-ring (bicyclic) bond motifs is 1. The van der Waals surface area contributed by atoms with Crippen LogP contribution in [0.15, 0.2) is 36.4 Å². The molecule has 0 bridgehead atoms. The van der Waals surface area contributed by atoms with E-state index in [-0.39, 0.29) is 11.9 Å². The predicted octanol–water partition coefficient (Wildman–Crippen LogP) is 4.56. The average Bonchev–Trinajstić information content (AvgIpc) is 2.69. The SMILES string of the molecule is Cc1ccc(N(C(C)C(=O)NC(C)c2ccc3c(c2)CCCC3)S(C)(=O)=O)cc1Cl. The zero-order valence-corrected chi connectivity index (χ0v) is 19.5. The number of anilines is 1. The molecule has 0 saturated heterocycles. The second kappa shape index (κ2) is 8.98. The molecule has 0 spiro atoms. The molecule has 0 saturated carbocycles. The van der Waals surface area contributed by atoms with Crippen LogP contribution >= 0.6 is 11.6 Å². The van der Waals surface area contributed by atoms with E-state index in [1.165, 1.54) is 24.0 Å². The van der Waals surface area contributed by atoms with E-state index < -0.39 is 16.1 Å². The Balaban J connectivity index is 1.80. The molecule has 162 valence electrons. The summed E-state index contributed by atoms with van der Waals surface area (Å²) < 4.78 is 26.1. The summed E-state index contributed by atoms with van der Waals surface area (Å²) in [6.45, 7) is 5.35. The molecular formula is C23H29ClN2O3S. The van der Waals surface area contributed by atoms with E-state index in [4.69, 9.17) is 11.6 Å². The molecule has 3 rings (SSSR count). The van der Waals surface area contributed by atoms with Crippen molar-refractivity contribution in [2.24, 2.45) is 0 Å². The topological polar surface area (TPSA) is 66.5 Å². The number of amides is 1. The first kappa shape index (κ1) is 22.6. The first-order valence-electron chi connectivity index (χ1n) is 10.3. The summed E-state index contributed by atoms with van der Waals surface area (Å²) in [5.41, 5.74) is 4.97. The van der Waals surface area contributed by atoms with E-state index in [1.54, 1.807) is 25.1 Å². The third-order valence-electron chi connectivity index (χ3n) is 5.73. The highest BCUT2D eigenvalue weighted by Crippen LogP contribution is 2.28. The number of nitrogens with zero attached hydrogens (tertiary/aromatic N) is 1. The first-order chi connectivity index (χ1) is 14.1. The maximum absolute atomic E-state index is 13.0. The number of carbonyl (C=O) groups excluding carboxylic acids is 1. The summed E-state index contributed by atoms with van der Waals surface area (Å²) >= 11 is 6.19. The van der Waals surface area contributed by atoms with Crippen molar-refractivity contribution >= 4 is 33.2 Å². The molecule has 0 aliphatic heterocycles. The lowest BCUT2D eigenvalue weighted by atomic mass is 9.89. The van der Waals surface area contributed by atoms with Crippen LogP contribution in [0.3, 0.4) is 0 Å². The molecule has 2 atom stereocenters. The van der Waals surface area contributed by atoms with Gasteiger partial charge in [-0.05, 0) is 80.8 Å². The van der Waals surface area contributed by atoms with Crippen LogP contribution < -0.4 is 9.62 Å². The number of aryl methyl sites for hydroxylation is 3. The van der Waals surface area contributed by atoms with Crippen molar-refractivity contribution in [2.45, 2.75) is 58.5 Å². The van der Waals surface area contributed by atoms with Crippen LogP contribution in [0.4, 0.5) is 5.69 Å². The van der Waals surface area contributed by atoms with Gasteiger partial charge in [0, 0.05) is 5.02 Å². The molecule has 30 heavy (non-hydrogen) atoms. The van der Waals surface area contributed by atoms with Crippen LogP contribution in [0.5, 0.6) is 0 Å². The standard InChI is InChI=1S/C23H29ClN2O3S/c1-15-9-12-21(14-22(15)24)26(30(4,28)29)17(3)23(27)25-16(2)19-11-10-18-7-5-6-8-20(18)13-19/h9-14,16-17H,5-8H2,1-4H3,(H,25,27). The van der Waals surface area contributed by atoms with Crippen LogP contribution in [-0.2, 0) is 27.7 Å². The third-order valence-corrected chi connectivity index (χ3v) is 7.38. The average molecular weight is 449 g/mol. The summed E-state index contributed by atoms with van der Waals surface area (Å²) in [5.74, 6) is -0.359. The molecular weight excluding hydrogens is 420 g/mol. The number of benzene rings is 2. The normalized spacial score (nSPS) is 15.8. The molecule has 2 unspecified atom stereocenters. The lowest BCUT2D eigenvalue weighted by Gasteiger charge is -2.29. The van der Waals surface area contributed by atoms with E-state index in [9.17, 15) is 13.2 Å². The van der Waals surface area contributed by atoms with Gasteiger partial charge >= 0.3 is 0 Å². The maximum atomic E-state index is 13.0. The van der Waals surface area contributed by atoms with Gasteiger partial charge in [0.05, 0.1) is 18.0 Å². The van der Waals surface area contributed by atoms with E-state index in [0.717, 1.165) is 34.5 Å². The number of hydrogen-bond acceptors (Lipinski definition) is 3. The third kappa shape index (κ3) is 4.98. The fourth-order valence-electron chi connectivity index (χ4n) is 3.97. The van der Waals surface area contributed by atoms with E-state index in [0.29, 0.717) is 10.7 Å². The van der Waals surface area contributed by atoms with Crippen LogP contribution in [0.25, 0.3) is 0 Å². The number of hydrogen-bond donors (Lipinski definition) is 1. The van der Waals surface area contributed by atoms with Crippen molar-refractivity contribution < 1.29 is 13.2 Å². The zero-order valence-electron chi connectivity index (χ0n) is 17.9. The summed E-state index contributed by atoms with van der Waals surface area (Å²) in [6, 6.07) is 10.2. The fraction of sp³-hybridized carbons (Fsp3) is 0.435. The highest BCUT2D eigenvalue weighted by atomic mass is 35.5. The van der Waals surface area contributed by atoms with Gasteiger partial charge in [-0.3, -0.25) is 9.10 Å². The minimum atomic E-state index is -3.69. The first-order valence-corrected chi connectivity index (χ1v) is 12.5. The van der Waals surface area contributed by atoms with Gasteiger partial charge in [0.25, 0.3) is 0 Å². The summed E-state index contributed by atoms with van der Waals surface area (Å²) in [4.78, 5) is 13.0. The number of halogens is 1.